The molecule has 0 saturated heterocycles. The fourth-order valence-electron chi connectivity index (χ4n) is 2.33. The van der Waals surface area contributed by atoms with Crippen molar-refractivity contribution in [2.45, 2.75) is 45.1 Å². The Bertz CT molecular complexity index is 652. The average Bonchev–Trinajstić information content (AvgIpc) is 2.35. The number of sulfonamides is 1. The summed E-state index contributed by atoms with van der Waals surface area (Å²) in [5.74, 6) is -0.940. The number of methoxy groups -OCH3 is 1. The van der Waals surface area contributed by atoms with E-state index in [4.69, 9.17) is 4.74 Å². The van der Waals surface area contributed by atoms with Gasteiger partial charge in [0.2, 0.25) is 10.0 Å². The standard InChI is InChI=1S/C15H23NO5S/c1-9(2)6-12(15(17)18)16-22(19,20)14-11(4)7-10(3)8-13(14)21-5/h7-9,12,16H,6H2,1-5H3,(H,17,18). The third kappa shape index (κ3) is 4.45. The molecule has 6 nitrogen and oxygen atoms in total. The topological polar surface area (TPSA) is 92.7 Å². The van der Waals surface area contributed by atoms with Crippen molar-refractivity contribution in [3.05, 3.63) is 23.3 Å². The number of aryl methyl sites for hydroxylation is 2. The van der Waals surface area contributed by atoms with Crippen LogP contribution in [0.15, 0.2) is 17.0 Å². The molecule has 2 N–H and O–H groups in total. The van der Waals surface area contributed by atoms with Crippen molar-refractivity contribution in [1.29, 1.82) is 0 Å². The number of ether oxygens (including phenoxy) is 1. The van der Waals surface area contributed by atoms with E-state index in [1.165, 1.54) is 7.11 Å². The van der Waals surface area contributed by atoms with Crippen molar-refractivity contribution in [3.63, 3.8) is 0 Å². The molecule has 7 heteroatoms. The van der Waals surface area contributed by atoms with Crippen LogP contribution in [-0.4, -0.2) is 32.6 Å². The maximum absolute atomic E-state index is 12.6. The van der Waals surface area contributed by atoms with Gasteiger partial charge in [-0.3, -0.25) is 4.79 Å². The van der Waals surface area contributed by atoms with E-state index in [1.807, 2.05) is 20.8 Å². The molecule has 0 heterocycles. The summed E-state index contributed by atoms with van der Waals surface area (Å²) in [6, 6.07) is 2.16. The molecular formula is C15H23NO5S. The van der Waals surface area contributed by atoms with Crippen molar-refractivity contribution in [1.82, 2.24) is 4.72 Å². The first-order chi connectivity index (χ1) is 10.1. The molecule has 1 unspecified atom stereocenters. The SMILES string of the molecule is COc1cc(C)cc(C)c1S(=O)(=O)NC(CC(C)C)C(=O)O. The summed E-state index contributed by atoms with van der Waals surface area (Å²) < 4.78 is 32.6. The predicted octanol–water partition coefficient (Wildman–Crippen LogP) is 2.09. The highest BCUT2D eigenvalue weighted by molar-refractivity contribution is 7.89. The normalized spacial score (nSPS) is 13.2. The molecule has 1 aromatic rings. The summed E-state index contributed by atoms with van der Waals surface area (Å²) in [4.78, 5) is 11.3. The van der Waals surface area contributed by atoms with E-state index < -0.39 is 22.0 Å². The van der Waals surface area contributed by atoms with E-state index >= 15 is 0 Å². The second-order valence-electron chi connectivity index (χ2n) is 5.75. The quantitative estimate of drug-likeness (QED) is 0.799. The summed E-state index contributed by atoms with van der Waals surface area (Å²) in [5, 5.41) is 9.21. The molecule has 0 radical (unpaired) electrons. The number of nitrogens with one attached hydrogen (secondary N) is 1. The molecule has 0 amide bonds. The Morgan fingerprint density at radius 3 is 2.36 bits per heavy atom. The summed E-state index contributed by atoms with van der Waals surface area (Å²) in [6.07, 6.45) is 0.210. The highest BCUT2D eigenvalue weighted by Crippen LogP contribution is 2.29. The third-order valence-electron chi connectivity index (χ3n) is 3.18. The van der Waals surface area contributed by atoms with E-state index in [2.05, 4.69) is 4.72 Å². The zero-order valence-corrected chi connectivity index (χ0v) is 14.3. The minimum absolute atomic E-state index is 0.0180. The number of carboxylic acid groups (broad SMARTS) is 1. The number of rotatable bonds is 7. The Kier molecular flexibility index (Phi) is 5.96. The first-order valence-electron chi connectivity index (χ1n) is 6.98. The van der Waals surface area contributed by atoms with Crippen molar-refractivity contribution in [3.8, 4) is 5.75 Å². The second-order valence-corrected chi connectivity index (χ2v) is 7.41. The van der Waals surface area contributed by atoms with Crippen LogP contribution >= 0.6 is 0 Å². The van der Waals surface area contributed by atoms with Gasteiger partial charge in [-0.05, 0) is 43.4 Å². The molecule has 1 aromatic carbocycles. The number of hydrogen-bond donors (Lipinski definition) is 2. The van der Waals surface area contributed by atoms with Gasteiger partial charge in [0.05, 0.1) is 7.11 Å². The Balaban J connectivity index is 3.27. The van der Waals surface area contributed by atoms with E-state index in [0.29, 0.717) is 5.56 Å². The smallest absolute Gasteiger partial charge is 0.321 e. The summed E-state index contributed by atoms with van der Waals surface area (Å²) in [5.41, 5.74) is 1.38. The molecule has 0 bridgehead atoms. The molecule has 1 atom stereocenters. The van der Waals surface area contributed by atoms with Crippen LogP contribution in [0.2, 0.25) is 0 Å². The Morgan fingerprint density at radius 2 is 1.91 bits per heavy atom. The van der Waals surface area contributed by atoms with Crippen LogP contribution in [0.5, 0.6) is 5.75 Å². The van der Waals surface area contributed by atoms with Crippen LogP contribution in [0, 0.1) is 19.8 Å². The van der Waals surface area contributed by atoms with Crippen LogP contribution in [0.25, 0.3) is 0 Å². The first-order valence-corrected chi connectivity index (χ1v) is 8.47. The van der Waals surface area contributed by atoms with Crippen molar-refractivity contribution in [2.24, 2.45) is 5.92 Å². The van der Waals surface area contributed by atoms with E-state index in [-0.39, 0.29) is 23.0 Å². The lowest BCUT2D eigenvalue weighted by molar-refractivity contribution is -0.139. The van der Waals surface area contributed by atoms with Crippen LogP contribution in [0.3, 0.4) is 0 Å². The lowest BCUT2D eigenvalue weighted by atomic mass is 10.1. The fourth-order valence-corrected chi connectivity index (χ4v) is 3.91. The molecule has 124 valence electrons. The number of aliphatic carboxylic acids is 1. The minimum Gasteiger partial charge on any atom is -0.495 e. The number of carbonyl (C=O) groups is 1. The van der Waals surface area contributed by atoms with Gasteiger partial charge in [-0.15, -0.1) is 0 Å². The Morgan fingerprint density at radius 1 is 1.32 bits per heavy atom. The Hall–Kier alpha value is -1.60. The molecular weight excluding hydrogens is 306 g/mol. The predicted molar refractivity (Wildman–Crippen MR) is 83.7 cm³/mol. The summed E-state index contributed by atoms with van der Waals surface area (Å²) >= 11 is 0. The highest BCUT2D eigenvalue weighted by Gasteiger charge is 2.29. The molecule has 0 aliphatic heterocycles. The van der Waals surface area contributed by atoms with Gasteiger partial charge in [0, 0.05) is 0 Å². The van der Waals surface area contributed by atoms with Crippen molar-refractivity contribution >= 4 is 16.0 Å². The first kappa shape index (κ1) is 18.4. The molecule has 22 heavy (non-hydrogen) atoms. The number of benzene rings is 1. The van der Waals surface area contributed by atoms with E-state index in [1.54, 1.807) is 19.1 Å². The van der Waals surface area contributed by atoms with Gasteiger partial charge in [-0.2, -0.15) is 4.72 Å². The van der Waals surface area contributed by atoms with Crippen LogP contribution in [0.4, 0.5) is 0 Å². The van der Waals surface area contributed by atoms with Crippen molar-refractivity contribution in [2.75, 3.05) is 7.11 Å². The summed E-state index contributed by atoms with van der Waals surface area (Å²) in [6.45, 7) is 7.16. The molecule has 0 aliphatic rings. The van der Waals surface area contributed by atoms with E-state index in [0.717, 1.165) is 5.56 Å². The minimum atomic E-state index is -4.00. The Labute approximate surface area is 131 Å². The molecule has 0 fully saturated rings. The zero-order valence-electron chi connectivity index (χ0n) is 13.5. The number of hydrogen-bond acceptors (Lipinski definition) is 4. The van der Waals surface area contributed by atoms with Gasteiger partial charge in [0.1, 0.15) is 16.7 Å². The van der Waals surface area contributed by atoms with Gasteiger partial charge >= 0.3 is 5.97 Å². The molecule has 0 aromatic heterocycles. The average molecular weight is 329 g/mol. The van der Waals surface area contributed by atoms with Crippen LogP contribution in [0.1, 0.15) is 31.4 Å². The van der Waals surface area contributed by atoms with Gasteiger partial charge in [0.25, 0.3) is 0 Å². The van der Waals surface area contributed by atoms with Crippen molar-refractivity contribution < 1.29 is 23.1 Å². The molecule has 0 saturated carbocycles. The fraction of sp³-hybridized carbons (Fsp3) is 0.533. The van der Waals surface area contributed by atoms with Gasteiger partial charge in [0.15, 0.2) is 0 Å². The van der Waals surface area contributed by atoms with Gasteiger partial charge in [-0.1, -0.05) is 19.9 Å². The van der Waals surface area contributed by atoms with E-state index in [9.17, 15) is 18.3 Å². The lowest BCUT2D eigenvalue weighted by Crippen LogP contribution is -2.41. The van der Waals surface area contributed by atoms with Crippen LogP contribution < -0.4 is 9.46 Å². The third-order valence-corrected chi connectivity index (χ3v) is 4.83. The molecule has 1 rings (SSSR count). The largest absolute Gasteiger partial charge is 0.495 e. The molecule has 0 aliphatic carbocycles. The highest BCUT2D eigenvalue weighted by atomic mass is 32.2. The lowest BCUT2D eigenvalue weighted by Gasteiger charge is -2.19. The van der Waals surface area contributed by atoms with Gasteiger partial charge < -0.3 is 9.84 Å². The van der Waals surface area contributed by atoms with Gasteiger partial charge in [-0.25, -0.2) is 8.42 Å². The maximum atomic E-state index is 12.6. The number of carboxylic acids is 1. The molecule has 0 spiro atoms. The monoisotopic (exact) mass is 329 g/mol. The zero-order chi connectivity index (χ0) is 17.1. The summed E-state index contributed by atoms with van der Waals surface area (Å²) in [7, 11) is -2.61. The van der Waals surface area contributed by atoms with Crippen LogP contribution in [-0.2, 0) is 14.8 Å². The maximum Gasteiger partial charge on any atom is 0.321 e. The second kappa shape index (κ2) is 7.11.